The molecule has 0 aliphatic carbocycles. The fourth-order valence-electron chi connectivity index (χ4n) is 2.61. The number of hydrogen-bond acceptors (Lipinski definition) is 8. The Bertz CT molecular complexity index is 972. The van der Waals surface area contributed by atoms with Gasteiger partial charge in [0.1, 0.15) is 0 Å². The molecule has 1 aliphatic heterocycles. The van der Waals surface area contributed by atoms with Crippen LogP contribution in [0.1, 0.15) is 20.3 Å². The lowest BCUT2D eigenvalue weighted by atomic mass is 10.1. The van der Waals surface area contributed by atoms with Gasteiger partial charge >= 0.3 is 10.5 Å². The van der Waals surface area contributed by atoms with E-state index in [0.29, 0.717) is 23.7 Å². The molecule has 1 amide bonds. The van der Waals surface area contributed by atoms with Crippen molar-refractivity contribution in [2.45, 2.75) is 20.3 Å². The zero-order valence-electron chi connectivity index (χ0n) is 18.9. The Morgan fingerprint density at radius 1 is 0.844 bits per heavy atom. The first-order valence-electron chi connectivity index (χ1n) is 9.61. The van der Waals surface area contributed by atoms with Crippen LogP contribution >= 0.6 is 0 Å². The van der Waals surface area contributed by atoms with Crippen molar-refractivity contribution in [3.8, 4) is 28.7 Å². The lowest BCUT2D eigenvalue weighted by molar-refractivity contribution is -0.122. The van der Waals surface area contributed by atoms with E-state index in [9.17, 15) is 17.1 Å². The van der Waals surface area contributed by atoms with Crippen LogP contribution in [0.4, 0.5) is 9.57 Å². The third kappa shape index (κ3) is 7.19. The van der Waals surface area contributed by atoms with Gasteiger partial charge in [-0.2, -0.15) is 8.42 Å². The molecule has 1 aliphatic rings. The third-order valence-corrected chi connectivity index (χ3v) is 4.45. The van der Waals surface area contributed by atoms with Gasteiger partial charge in [0.2, 0.25) is 11.7 Å². The highest BCUT2D eigenvalue weighted by atomic mass is 32.3. The minimum absolute atomic E-state index is 0.110. The van der Waals surface area contributed by atoms with Crippen LogP contribution in [-0.2, 0) is 15.3 Å². The quantitative estimate of drug-likeness (QED) is 0.443. The monoisotopic (exact) mass is 473 g/mol. The molecule has 1 saturated heterocycles. The van der Waals surface area contributed by atoms with Crippen molar-refractivity contribution in [3.63, 3.8) is 0 Å². The Hall–Kier alpha value is -3.21. The maximum atomic E-state index is 12.1. The zero-order valence-corrected chi connectivity index (χ0v) is 19.7. The van der Waals surface area contributed by atoms with Gasteiger partial charge in [-0.3, -0.25) is 4.79 Å². The largest absolute Gasteiger partial charge is 0.493 e. The summed E-state index contributed by atoms with van der Waals surface area (Å²) in [5, 5.41) is 0. The Morgan fingerprint density at radius 2 is 1.34 bits per heavy atom. The SMILES string of the molecule is CC.COc1cc(N2CCC2=O)cc(OC)c1OC.COc1ccccc1OS(=O)(=O)F. The number of carbonyl (C=O) groups is 1. The van der Waals surface area contributed by atoms with E-state index in [2.05, 4.69) is 4.18 Å². The summed E-state index contributed by atoms with van der Waals surface area (Å²) >= 11 is 0. The highest BCUT2D eigenvalue weighted by molar-refractivity contribution is 7.81. The minimum atomic E-state index is -4.99. The van der Waals surface area contributed by atoms with Gasteiger partial charge in [-0.25, -0.2) is 0 Å². The molecule has 1 fully saturated rings. The van der Waals surface area contributed by atoms with Gasteiger partial charge in [0, 0.05) is 25.1 Å². The summed E-state index contributed by atoms with van der Waals surface area (Å²) in [4.78, 5) is 13.1. The van der Waals surface area contributed by atoms with Crippen molar-refractivity contribution < 1.29 is 40.2 Å². The van der Waals surface area contributed by atoms with Crippen molar-refractivity contribution in [2.24, 2.45) is 0 Å². The molecule has 0 unspecified atom stereocenters. The molecule has 32 heavy (non-hydrogen) atoms. The normalized spacial score (nSPS) is 12.2. The molecule has 0 radical (unpaired) electrons. The molecule has 0 spiro atoms. The first-order valence-corrected chi connectivity index (χ1v) is 10.9. The third-order valence-electron chi connectivity index (χ3n) is 4.07. The first kappa shape index (κ1) is 26.8. The van der Waals surface area contributed by atoms with Crippen molar-refractivity contribution in [2.75, 3.05) is 39.9 Å². The molecular weight excluding hydrogens is 445 g/mol. The number of methoxy groups -OCH3 is 4. The molecule has 2 aromatic carbocycles. The lowest BCUT2D eigenvalue weighted by Gasteiger charge is -2.31. The second-order valence-electron chi connectivity index (χ2n) is 5.81. The summed E-state index contributed by atoms with van der Waals surface area (Å²) in [5.74, 6) is 1.74. The molecule has 9 nitrogen and oxygen atoms in total. The van der Waals surface area contributed by atoms with E-state index in [1.165, 1.54) is 25.3 Å². The molecule has 0 aromatic heterocycles. The summed E-state index contributed by atoms with van der Waals surface area (Å²) in [6.07, 6.45) is 0.594. The van der Waals surface area contributed by atoms with Gasteiger partial charge in [-0.05, 0) is 12.1 Å². The predicted molar refractivity (Wildman–Crippen MR) is 118 cm³/mol. The van der Waals surface area contributed by atoms with Crippen molar-refractivity contribution in [1.82, 2.24) is 0 Å². The number of rotatable bonds is 7. The molecule has 3 rings (SSSR count). The summed E-state index contributed by atoms with van der Waals surface area (Å²) in [6, 6.07) is 9.41. The number of para-hydroxylation sites is 2. The predicted octanol–water partition coefficient (Wildman–Crippen LogP) is 3.76. The van der Waals surface area contributed by atoms with E-state index >= 15 is 0 Å². The Labute approximate surface area is 188 Å². The second kappa shape index (κ2) is 12.6. The van der Waals surface area contributed by atoms with E-state index < -0.39 is 10.5 Å². The van der Waals surface area contributed by atoms with Crippen molar-refractivity contribution in [1.29, 1.82) is 0 Å². The molecule has 0 bridgehead atoms. The maximum Gasteiger partial charge on any atom is 0.488 e. The van der Waals surface area contributed by atoms with E-state index in [1.807, 2.05) is 13.8 Å². The molecular formula is C21H28FNO8S. The number of β-lactam (4-membered cyclic amide) rings is 1. The van der Waals surface area contributed by atoms with Crippen molar-refractivity contribution in [3.05, 3.63) is 36.4 Å². The zero-order chi connectivity index (χ0) is 24.3. The molecule has 2 aromatic rings. The van der Waals surface area contributed by atoms with Gasteiger partial charge in [-0.1, -0.05) is 29.9 Å². The number of carbonyl (C=O) groups excluding carboxylic acids is 1. The smallest absolute Gasteiger partial charge is 0.488 e. The topological polar surface area (TPSA) is 101 Å². The average molecular weight is 474 g/mol. The fourth-order valence-corrected chi connectivity index (χ4v) is 2.96. The Balaban J connectivity index is 0.000000307. The highest BCUT2D eigenvalue weighted by Crippen LogP contribution is 2.41. The van der Waals surface area contributed by atoms with Gasteiger partial charge in [-0.15, -0.1) is 0 Å². The minimum Gasteiger partial charge on any atom is -0.493 e. The molecule has 11 heteroatoms. The van der Waals surface area contributed by atoms with E-state index in [0.717, 1.165) is 12.2 Å². The standard InChI is InChI=1S/C12H15NO4.C7H7FO4S.C2H6/c1-15-9-6-8(13-5-4-11(13)14)7-10(16-2)12(9)17-3;1-11-6-4-2-3-5-7(6)12-13(8,9)10;1-2/h6-7H,4-5H2,1-3H3;2-5H,1H3;1-2H3. The van der Waals surface area contributed by atoms with E-state index in [4.69, 9.17) is 18.9 Å². The number of amides is 1. The van der Waals surface area contributed by atoms with Crippen LogP contribution in [0, 0.1) is 0 Å². The van der Waals surface area contributed by atoms with Gasteiger partial charge in [0.25, 0.3) is 0 Å². The molecule has 1 heterocycles. The number of halogens is 1. The van der Waals surface area contributed by atoms with Crippen LogP contribution in [0.5, 0.6) is 28.7 Å². The number of hydrogen-bond donors (Lipinski definition) is 0. The van der Waals surface area contributed by atoms with Crippen LogP contribution in [0.2, 0.25) is 0 Å². The van der Waals surface area contributed by atoms with Crippen LogP contribution < -0.4 is 28.0 Å². The van der Waals surface area contributed by atoms with E-state index in [1.54, 1.807) is 44.4 Å². The van der Waals surface area contributed by atoms with Crippen LogP contribution in [-0.4, -0.2) is 49.3 Å². The maximum absolute atomic E-state index is 12.1. The fraction of sp³-hybridized carbons (Fsp3) is 0.381. The van der Waals surface area contributed by atoms with Gasteiger partial charge in [0.15, 0.2) is 23.0 Å². The summed E-state index contributed by atoms with van der Waals surface area (Å²) in [6.45, 7) is 4.73. The summed E-state index contributed by atoms with van der Waals surface area (Å²) in [7, 11) is 0.996. The van der Waals surface area contributed by atoms with Gasteiger partial charge < -0.3 is 28.0 Å². The molecule has 178 valence electrons. The number of benzene rings is 2. The average Bonchev–Trinajstić information content (AvgIpc) is 2.78. The number of nitrogens with zero attached hydrogens (tertiary/aromatic N) is 1. The van der Waals surface area contributed by atoms with Gasteiger partial charge in [0.05, 0.1) is 34.1 Å². The Morgan fingerprint density at radius 3 is 1.69 bits per heavy atom. The molecule has 0 atom stereocenters. The Kier molecular flexibility index (Phi) is 10.6. The lowest BCUT2D eigenvalue weighted by Crippen LogP contribution is -2.43. The van der Waals surface area contributed by atoms with E-state index in [-0.39, 0.29) is 17.4 Å². The highest BCUT2D eigenvalue weighted by Gasteiger charge is 2.27. The number of anilines is 1. The first-order chi connectivity index (χ1) is 15.2. The molecule has 0 N–H and O–H groups in total. The van der Waals surface area contributed by atoms with Crippen LogP contribution in [0.25, 0.3) is 0 Å². The second-order valence-corrected chi connectivity index (χ2v) is 6.76. The van der Waals surface area contributed by atoms with Crippen molar-refractivity contribution >= 4 is 22.1 Å². The van der Waals surface area contributed by atoms with Crippen LogP contribution in [0.15, 0.2) is 36.4 Å². The molecule has 0 saturated carbocycles. The van der Waals surface area contributed by atoms with Crippen LogP contribution in [0.3, 0.4) is 0 Å². The summed E-state index contributed by atoms with van der Waals surface area (Å²) < 4.78 is 56.8. The number of ether oxygens (including phenoxy) is 4. The summed E-state index contributed by atoms with van der Waals surface area (Å²) in [5.41, 5.74) is 0.774.